The van der Waals surface area contributed by atoms with Gasteiger partial charge in [-0.05, 0) is 49.9 Å². The lowest BCUT2D eigenvalue weighted by molar-refractivity contribution is 0.0964. The van der Waals surface area contributed by atoms with Crippen molar-refractivity contribution in [3.05, 3.63) is 47.3 Å². The van der Waals surface area contributed by atoms with Gasteiger partial charge in [-0.15, -0.1) is 0 Å². The highest BCUT2D eigenvalue weighted by molar-refractivity contribution is 6.02. The summed E-state index contributed by atoms with van der Waals surface area (Å²) in [4.78, 5) is 16.6. The fourth-order valence-corrected chi connectivity index (χ4v) is 4.07. The minimum Gasteiger partial charge on any atom is -0.384 e. The number of rotatable bonds is 5. The van der Waals surface area contributed by atoms with E-state index in [0.29, 0.717) is 18.0 Å². The summed E-state index contributed by atoms with van der Waals surface area (Å²) in [7, 11) is 0. The highest BCUT2D eigenvalue weighted by atomic mass is 16.1. The third-order valence-electron chi connectivity index (χ3n) is 5.65. The zero-order valence-corrected chi connectivity index (χ0v) is 15.4. The molecule has 1 aliphatic heterocycles. The van der Waals surface area contributed by atoms with Crippen LogP contribution in [0.3, 0.4) is 0 Å². The van der Waals surface area contributed by atoms with Gasteiger partial charge in [0.1, 0.15) is 5.82 Å². The Hall–Kier alpha value is -1.94. The molecule has 1 fully saturated rings. The Bertz CT molecular complexity index is 712. The fourth-order valence-electron chi connectivity index (χ4n) is 4.07. The average molecular weight is 339 g/mol. The summed E-state index contributed by atoms with van der Waals surface area (Å²) < 4.78 is 0. The van der Waals surface area contributed by atoms with E-state index in [1.165, 1.54) is 11.1 Å². The number of carbonyl (C=O) groups excluding carboxylic acids is 1. The van der Waals surface area contributed by atoms with E-state index in [0.717, 1.165) is 44.3 Å². The number of aryl methyl sites for hydroxylation is 1. The molecule has 1 aliphatic carbocycles. The number of fused-ring (bicyclic) bond motifs is 2. The maximum Gasteiger partial charge on any atom is 0.164 e. The molecule has 134 valence electrons. The normalized spacial score (nSPS) is 19.5. The van der Waals surface area contributed by atoms with Crippen LogP contribution in [0, 0.1) is 5.41 Å². The van der Waals surface area contributed by atoms with Crippen LogP contribution in [-0.2, 0) is 11.8 Å². The molecule has 0 radical (unpaired) electrons. The molecule has 3 rings (SSSR count). The van der Waals surface area contributed by atoms with Gasteiger partial charge in [-0.2, -0.15) is 0 Å². The molecular weight excluding hydrogens is 310 g/mol. The highest BCUT2D eigenvalue weighted by Crippen LogP contribution is 2.45. The van der Waals surface area contributed by atoms with Gasteiger partial charge < -0.3 is 11.1 Å². The summed E-state index contributed by atoms with van der Waals surface area (Å²) in [6, 6.07) is 6.46. The standard InChI is InChI=1S/C21H29N3O/c1-15(22)24-14-20(2,3)7-6-16-4-5-17-18(12-16)21(13-19(17)25)8-10-23-11-9-21/h4-5,12,14,23H,1,6-11,13,22H2,2-3H3. The zero-order chi connectivity index (χ0) is 18.1. The number of benzene rings is 1. The van der Waals surface area contributed by atoms with Crippen molar-refractivity contribution in [3.8, 4) is 0 Å². The van der Waals surface area contributed by atoms with Crippen molar-refractivity contribution in [2.75, 3.05) is 13.1 Å². The number of nitrogens with one attached hydrogen (secondary N) is 1. The number of piperidine rings is 1. The molecule has 0 atom stereocenters. The van der Waals surface area contributed by atoms with E-state index in [2.05, 4.69) is 42.9 Å². The van der Waals surface area contributed by atoms with Crippen LogP contribution in [0.15, 0.2) is 35.6 Å². The predicted molar refractivity (Wildman–Crippen MR) is 103 cm³/mol. The van der Waals surface area contributed by atoms with Crippen LogP contribution in [0.4, 0.5) is 0 Å². The minimum absolute atomic E-state index is 0.0381. The predicted octanol–water partition coefficient (Wildman–Crippen LogP) is 3.35. The van der Waals surface area contributed by atoms with Crippen LogP contribution in [0.2, 0.25) is 0 Å². The number of Topliss-reactive ketones (excluding diaryl/α,β-unsaturated/α-hetero) is 1. The molecular formula is C21H29N3O. The van der Waals surface area contributed by atoms with Crippen LogP contribution in [0.5, 0.6) is 0 Å². The lowest BCUT2D eigenvalue weighted by Gasteiger charge is -2.34. The topological polar surface area (TPSA) is 67.5 Å². The Labute approximate surface area is 150 Å². The maximum atomic E-state index is 12.5. The summed E-state index contributed by atoms with van der Waals surface area (Å²) >= 11 is 0. The Morgan fingerprint density at radius 3 is 2.80 bits per heavy atom. The molecule has 1 saturated heterocycles. The molecule has 25 heavy (non-hydrogen) atoms. The van der Waals surface area contributed by atoms with Crippen molar-refractivity contribution in [1.29, 1.82) is 0 Å². The van der Waals surface area contributed by atoms with E-state index >= 15 is 0 Å². The lowest BCUT2D eigenvalue weighted by atomic mass is 9.74. The van der Waals surface area contributed by atoms with Crippen LogP contribution in [0.1, 0.15) is 61.0 Å². The number of ketones is 1. The minimum atomic E-state index is -0.0381. The van der Waals surface area contributed by atoms with Gasteiger partial charge in [0.2, 0.25) is 0 Å². The van der Waals surface area contributed by atoms with Crippen molar-refractivity contribution in [2.24, 2.45) is 16.1 Å². The largest absolute Gasteiger partial charge is 0.384 e. The molecule has 1 spiro atoms. The van der Waals surface area contributed by atoms with E-state index in [1.54, 1.807) is 0 Å². The first-order valence-electron chi connectivity index (χ1n) is 9.18. The van der Waals surface area contributed by atoms with Crippen LogP contribution >= 0.6 is 0 Å². The molecule has 2 aliphatic rings. The van der Waals surface area contributed by atoms with Gasteiger partial charge in [-0.25, -0.2) is 4.99 Å². The molecule has 1 aromatic rings. The highest BCUT2D eigenvalue weighted by Gasteiger charge is 2.43. The molecule has 0 aromatic heterocycles. The number of hydrogen-bond acceptors (Lipinski definition) is 4. The van der Waals surface area contributed by atoms with Crippen LogP contribution in [0.25, 0.3) is 0 Å². The second-order valence-electron chi connectivity index (χ2n) is 8.25. The van der Waals surface area contributed by atoms with Crippen molar-refractivity contribution >= 4 is 12.0 Å². The molecule has 0 unspecified atom stereocenters. The Morgan fingerprint density at radius 1 is 1.40 bits per heavy atom. The quantitative estimate of drug-likeness (QED) is 0.808. The van der Waals surface area contributed by atoms with Gasteiger partial charge >= 0.3 is 0 Å². The molecule has 1 heterocycles. The first-order chi connectivity index (χ1) is 11.8. The Morgan fingerprint density at radius 2 is 2.12 bits per heavy atom. The molecule has 0 bridgehead atoms. The maximum absolute atomic E-state index is 12.5. The molecule has 0 saturated carbocycles. The first-order valence-corrected chi connectivity index (χ1v) is 9.18. The molecule has 1 aromatic carbocycles. The van der Waals surface area contributed by atoms with Gasteiger partial charge in [0.25, 0.3) is 0 Å². The number of carbonyl (C=O) groups is 1. The summed E-state index contributed by atoms with van der Waals surface area (Å²) in [6.07, 6.45) is 6.64. The summed E-state index contributed by atoms with van der Waals surface area (Å²) in [6.45, 7) is 9.94. The van der Waals surface area contributed by atoms with Gasteiger partial charge in [-0.1, -0.05) is 38.6 Å². The summed E-state index contributed by atoms with van der Waals surface area (Å²) in [5.41, 5.74) is 9.11. The van der Waals surface area contributed by atoms with Gasteiger partial charge in [-0.3, -0.25) is 4.79 Å². The summed E-state index contributed by atoms with van der Waals surface area (Å²) in [5.74, 6) is 0.661. The number of nitrogens with zero attached hydrogens (tertiary/aromatic N) is 1. The van der Waals surface area contributed by atoms with Gasteiger partial charge in [0.05, 0.1) is 0 Å². The second kappa shape index (κ2) is 6.75. The lowest BCUT2D eigenvalue weighted by Crippen LogP contribution is -2.38. The van der Waals surface area contributed by atoms with E-state index in [9.17, 15) is 4.79 Å². The fraction of sp³-hybridized carbons (Fsp3) is 0.524. The third-order valence-corrected chi connectivity index (χ3v) is 5.65. The van der Waals surface area contributed by atoms with Crippen LogP contribution < -0.4 is 11.1 Å². The van der Waals surface area contributed by atoms with E-state index in [4.69, 9.17) is 5.73 Å². The number of aliphatic imine (C=N–C) groups is 1. The van der Waals surface area contributed by atoms with Gasteiger partial charge in [0.15, 0.2) is 5.78 Å². The SMILES string of the molecule is C=C(N)N=CC(C)(C)CCc1ccc2c(c1)C1(CCNCC1)CC2=O. The van der Waals surface area contributed by atoms with Crippen molar-refractivity contribution in [3.63, 3.8) is 0 Å². The van der Waals surface area contributed by atoms with Crippen molar-refractivity contribution < 1.29 is 4.79 Å². The van der Waals surface area contributed by atoms with E-state index in [-0.39, 0.29) is 10.8 Å². The van der Waals surface area contributed by atoms with Crippen LogP contribution in [-0.4, -0.2) is 25.1 Å². The Balaban J connectivity index is 1.78. The average Bonchev–Trinajstić information content (AvgIpc) is 2.84. The monoisotopic (exact) mass is 339 g/mol. The van der Waals surface area contributed by atoms with E-state index < -0.39 is 0 Å². The molecule has 4 heteroatoms. The smallest absolute Gasteiger partial charge is 0.164 e. The van der Waals surface area contributed by atoms with Crippen molar-refractivity contribution in [2.45, 2.75) is 51.4 Å². The molecule has 0 amide bonds. The summed E-state index contributed by atoms with van der Waals surface area (Å²) in [5, 5.41) is 3.42. The van der Waals surface area contributed by atoms with Gasteiger partial charge in [0, 0.05) is 29.0 Å². The van der Waals surface area contributed by atoms with Crippen molar-refractivity contribution in [1.82, 2.24) is 5.32 Å². The van der Waals surface area contributed by atoms with E-state index in [1.807, 2.05) is 12.3 Å². The Kier molecular flexibility index (Phi) is 4.83. The molecule has 3 N–H and O–H groups in total. The number of nitrogens with two attached hydrogens (primary N) is 1. The second-order valence-corrected chi connectivity index (χ2v) is 8.25. The zero-order valence-electron chi connectivity index (χ0n) is 15.4. The first kappa shape index (κ1) is 17.9. The molecule has 4 nitrogen and oxygen atoms in total. The number of hydrogen-bond donors (Lipinski definition) is 2. The third kappa shape index (κ3) is 3.84.